The summed E-state index contributed by atoms with van der Waals surface area (Å²) in [5, 5.41) is 0. The van der Waals surface area contributed by atoms with Gasteiger partial charge in [-0.15, -0.1) is 0 Å². The molecule has 0 spiro atoms. The van der Waals surface area contributed by atoms with Gasteiger partial charge in [-0.1, -0.05) is 95.6 Å². The molecular weight excluding hydrogens is 290 g/mol. The van der Waals surface area contributed by atoms with Crippen molar-refractivity contribution in [1.82, 2.24) is 0 Å². The smallest absolute Gasteiger partial charge is 0.164 e. The third kappa shape index (κ3) is 12.8. The summed E-state index contributed by atoms with van der Waals surface area (Å²) in [7, 11) is 4.47. The molecule has 0 radical (unpaired) electrons. The number of hydrogen-bond donors (Lipinski definition) is 0. The Kier molecular flexibility index (Phi) is 15.0. The second kappa shape index (κ2) is 14.8. The fraction of sp³-hybridized carbons (Fsp3) is 1.00. The Morgan fingerprint density at radius 2 is 1.00 bits per heavy atom. The van der Waals surface area contributed by atoms with E-state index in [4.69, 9.17) is 11.6 Å². The third-order valence-electron chi connectivity index (χ3n) is 5.12. The van der Waals surface area contributed by atoms with Crippen LogP contribution in [0.25, 0.3) is 0 Å². The van der Waals surface area contributed by atoms with Crippen molar-refractivity contribution in [3.8, 4) is 0 Å². The summed E-state index contributed by atoms with van der Waals surface area (Å²) in [4.78, 5) is 0. The van der Waals surface area contributed by atoms with Crippen LogP contribution in [0.2, 0.25) is 0 Å². The van der Waals surface area contributed by atoms with Gasteiger partial charge in [0.15, 0.2) is 5.50 Å². The van der Waals surface area contributed by atoms with Crippen LogP contribution < -0.4 is 0 Å². The van der Waals surface area contributed by atoms with Gasteiger partial charge in [0.1, 0.15) is 0 Å². The third-order valence-corrected chi connectivity index (χ3v) is 5.87. The minimum Gasteiger partial charge on any atom is -0.314 e. The largest absolute Gasteiger partial charge is 0.314 e. The Morgan fingerprint density at radius 3 is 1.36 bits per heavy atom. The van der Waals surface area contributed by atoms with Crippen LogP contribution in [0.5, 0.6) is 0 Å². The van der Waals surface area contributed by atoms with Gasteiger partial charge in [0.05, 0.1) is 20.6 Å². The van der Waals surface area contributed by atoms with Crippen molar-refractivity contribution in [2.45, 2.75) is 109 Å². The van der Waals surface area contributed by atoms with Crippen LogP contribution in [-0.4, -0.2) is 30.6 Å². The average molecular weight is 333 g/mol. The Hall–Kier alpha value is 0.250. The van der Waals surface area contributed by atoms with Crippen LogP contribution in [0, 0.1) is 0 Å². The highest BCUT2D eigenvalue weighted by atomic mass is 35.5. The highest BCUT2D eigenvalue weighted by molar-refractivity contribution is 6.19. The Bertz CT molecular complexity index is 228. The molecule has 1 unspecified atom stereocenters. The van der Waals surface area contributed by atoms with E-state index in [0.717, 1.165) is 11.0 Å². The maximum absolute atomic E-state index is 6.49. The average Bonchev–Trinajstić information content (AvgIpc) is 2.51. The molecule has 134 valence electrons. The zero-order valence-electron chi connectivity index (χ0n) is 16.0. The standard InChI is InChI=1S/C20H43ClN/c1-5-7-8-9-10-11-12-13-14-15-16-17-18-19-20(21)22(3,4)6-2/h20H,5-19H2,1-4H3/q+1. The summed E-state index contributed by atoms with van der Waals surface area (Å²) in [6, 6.07) is 0. The monoisotopic (exact) mass is 332 g/mol. The van der Waals surface area contributed by atoms with Crippen LogP contribution >= 0.6 is 11.6 Å². The van der Waals surface area contributed by atoms with Gasteiger partial charge in [-0.2, -0.15) is 0 Å². The maximum Gasteiger partial charge on any atom is 0.164 e. The first-order valence-corrected chi connectivity index (χ1v) is 10.4. The molecule has 0 N–H and O–H groups in total. The molecule has 0 aromatic carbocycles. The quantitative estimate of drug-likeness (QED) is 0.122. The van der Waals surface area contributed by atoms with Gasteiger partial charge in [0.2, 0.25) is 0 Å². The summed E-state index contributed by atoms with van der Waals surface area (Å²) >= 11 is 6.49. The van der Waals surface area contributed by atoms with E-state index in [-0.39, 0.29) is 5.50 Å². The van der Waals surface area contributed by atoms with Gasteiger partial charge in [0.25, 0.3) is 0 Å². The van der Waals surface area contributed by atoms with Crippen LogP contribution in [0.3, 0.4) is 0 Å². The number of nitrogens with zero attached hydrogens (tertiary/aromatic N) is 1. The number of hydrogen-bond acceptors (Lipinski definition) is 0. The van der Waals surface area contributed by atoms with E-state index in [9.17, 15) is 0 Å². The van der Waals surface area contributed by atoms with E-state index in [0.29, 0.717) is 0 Å². The lowest BCUT2D eigenvalue weighted by molar-refractivity contribution is -0.900. The van der Waals surface area contributed by atoms with Crippen molar-refractivity contribution in [2.75, 3.05) is 20.6 Å². The molecule has 0 amide bonds. The predicted molar refractivity (Wildman–Crippen MR) is 103 cm³/mol. The van der Waals surface area contributed by atoms with Crippen LogP contribution in [-0.2, 0) is 0 Å². The maximum atomic E-state index is 6.49. The molecule has 0 saturated carbocycles. The van der Waals surface area contributed by atoms with Crippen molar-refractivity contribution >= 4 is 11.6 Å². The fourth-order valence-electron chi connectivity index (χ4n) is 2.88. The molecule has 0 heterocycles. The summed E-state index contributed by atoms with van der Waals surface area (Å²) in [5.74, 6) is 0. The first-order chi connectivity index (χ1) is 10.5. The van der Waals surface area contributed by atoms with Crippen LogP contribution in [0.4, 0.5) is 0 Å². The van der Waals surface area contributed by atoms with Gasteiger partial charge >= 0.3 is 0 Å². The van der Waals surface area contributed by atoms with Crippen LogP contribution in [0.1, 0.15) is 104 Å². The SMILES string of the molecule is CCCCCCCCCCCCCCCC(Cl)[N+](C)(C)CC. The van der Waals surface area contributed by atoms with Crippen molar-refractivity contribution in [3.63, 3.8) is 0 Å². The first kappa shape index (κ1) is 22.2. The Morgan fingerprint density at radius 1 is 0.636 bits per heavy atom. The van der Waals surface area contributed by atoms with Crippen molar-refractivity contribution in [3.05, 3.63) is 0 Å². The normalized spacial score (nSPS) is 13.5. The summed E-state index contributed by atoms with van der Waals surface area (Å²) in [5.41, 5.74) is 0.290. The Labute approximate surface area is 146 Å². The summed E-state index contributed by atoms with van der Waals surface area (Å²) in [6.07, 6.45) is 19.6. The lowest BCUT2D eigenvalue weighted by Gasteiger charge is -2.33. The van der Waals surface area contributed by atoms with E-state index >= 15 is 0 Å². The molecule has 0 fully saturated rings. The lowest BCUT2D eigenvalue weighted by Crippen LogP contribution is -2.45. The molecule has 22 heavy (non-hydrogen) atoms. The van der Waals surface area contributed by atoms with E-state index in [1.54, 1.807) is 0 Å². The molecule has 0 bridgehead atoms. The minimum atomic E-state index is 0.290. The van der Waals surface area contributed by atoms with Crippen molar-refractivity contribution in [2.24, 2.45) is 0 Å². The second-order valence-corrected chi connectivity index (χ2v) is 8.06. The van der Waals surface area contributed by atoms with Gasteiger partial charge in [0, 0.05) is 6.42 Å². The molecule has 0 rings (SSSR count). The zero-order chi connectivity index (χ0) is 16.7. The molecule has 2 heteroatoms. The number of quaternary nitrogens is 1. The number of halogens is 1. The summed E-state index contributed by atoms with van der Waals surface area (Å²) < 4.78 is 0.944. The van der Waals surface area contributed by atoms with Gasteiger partial charge < -0.3 is 4.48 Å². The van der Waals surface area contributed by atoms with Gasteiger partial charge in [-0.25, -0.2) is 0 Å². The topological polar surface area (TPSA) is 0 Å². The molecule has 0 aromatic rings. The predicted octanol–water partition coefficient (Wildman–Crippen LogP) is 7.13. The number of rotatable bonds is 16. The second-order valence-electron chi connectivity index (χ2n) is 7.56. The minimum absolute atomic E-state index is 0.290. The first-order valence-electron chi connectivity index (χ1n) is 10.0. The summed E-state index contributed by atoms with van der Waals surface area (Å²) in [6.45, 7) is 5.63. The molecular formula is C20H43ClN+. The molecule has 1 nitrogen and oxygen atoms in total. The van der Waals surface area contributed by atoms with Crippen LogP contribution in [0.15, 0.2) is 0 Å². The molecule has 1 atom stereocenters. The molecule has 0 aliphatic carbocycles. The van der Waals surface area contributed by atoms with Gasteiger partial charge in [-0.3, -0.25) is 0 Å². The number of unbranched alkanes of at least 4 members (excludes halogenated alkanes) is 12. The fourth-order valence-corrected chi connectivity index (χ4v) is 3.17. The number of alkyl halides is 1. The van der Waals surface area contributed by atoms with E-state index in [1.165, 1.54) is 89.9 Å². The van der Waals surface area contributed by atoms with E-state index in [2.05, 4.69) is 27.9 Å². The van der Waals surface area contributed by atoms with Crippen molar-refractivity contribution < 1.29 is 4.48 Å². The Balaban J connectivity index is 3.21. The van der Waals surface area contributed by atoms with Gasteiger partial charge in [-0.05, 0) is 13.3 Å². The molecule has 0 saturated heterocycles. The molecule has 0 aromatic heterocycles. The highest BCUT2D eigenvalue weighted by Crippen LogP contribution is 2.19. The molecule has 0 aliphatic rings. The lowest BCUT2D eigenvalue weighted by atomic mass is 10.0. The van der Waals surface area contributed by atoms with E-state index < -0.39 is 0 Å². The highest BCUT2D eigenvalue weighted by Gasteiger charge is 2.22. The van der Waals surface area contributed by atoms with Crippen molar-refractivity contribution in [1.29, 1.82) is 0 Å². The molecule has 0 aliphatic heterocycles. The van der Waals surface area contributed by atoms with E-state index in [1.807, 2.05) is 0 Å². The zero-order valence-corrected chi connectivity index (χ0v) is 16.8.